The molecule has 2 aliphatic rings. The number of hydrogen-bond acceptors (Lipinski definition) is 3. The van der Waals surface area contributed by atoms with Crippen LogP contribution in [0.3, 0.4) is 0 Å². The first kappa shape index (κ1) is 49.0. The number of nitrogens with two attached hydrogens (primary N) is 1. The molecule has 4 nitrogen and oxygen atoms in total. The van der Waals surface area contributed by atoms with E-state index in [1.807, 2.05) is 80.6 Å². The molecule has 3 N–H and O–H groups in total. The van der Waals surface area contributed by atoms with Crippen LogP contribution in [0, 0.1) is 5.41 Å². The van der Waals surface area contributed by atoms with E-state index in [4.69, 9.17) is 11.1 Å². The van der Waals surface area contributed by atoms with Crippen molar-refractivity contribution in [1.29, 1.82) is 5.41 Å². The van der Waals surface area contributed by atoms with Crippen molar-refractivity contribution < 1.29 is 0 Å². The van der Waals surface area contributed by atoms with Crippen molar-refractivity contribution in [3.63, 3.8) is 0 Å². The topological polar surface area (TPSA) is 58.0 Å². The summed E-state index contributed by atoms with van der Waals surface area (Å²) in [6.45, 7) is 10.3. The molecular formula is C69H62N4. The lowest BCUT2D eigenvalue weighted by molar-refractivity contribution is 0.898. The minimum atomic E-state index is 0.621. The molecule has 0 saturated heterocycles. The lowest BCUT2D eigenvalue weighted by Gasteiger charge is -2.26. The first-order valence-corrected chi connectivity index (χ1v) is 25.3. The molecule has 9 aromatic rings. The number of nitrogens with one attached hydrogen (secondary N) is 1. The third kappa shape index (κ3) is 11.3. The summed E-state index contributed by atoms with van der Waals surface area (Å²) in [5.41, 5.74) is 27.8. The first-order valence-electron chi connectivity index (χ1n) is 25.3. The predicted molar refractivity (Wildman–Crippen MR) is 314 cm³/mol. The van der Waals surface area contributed by atoms with Crippen molar-refractivity contribution in [3.05, 3.63) is 300 Å². The number of hydrogen-bond donors (Lipinski definition) is 2. The number of benzene rings is 8. The number of para-hydroxylation sites is 1. The molecule has 358 valence electrons. The van der Waals surface area contributed by atoms with Gasteiger partial charge in [-0.05, 0) is 143 Å². The summed E-state index contributed by atoms with van der Waals surface area (Å²) in [6, 6.07) is 74.5. The molecular weight excluding hydrogens is 885 g/mol. The molecule has 8 aromatic carbocycles. The Morgan fingerprint density at radius 2 is 1.23 bits per heavy atom. The van der Waals surface area contributed by atoms with Crippen LogP contribution in [0.5, 0.6) is 0 Å². The first-order chi connectivity index (χ1) is 35.9. The maximum atomic E-state index is 7.24. The number of nitrogens with zero attached hydrogens (tertiary/aromatic N) is 2. The van der Waals surface area contributed by atoms with E-state index < -0.39 is 0 Å². The van der Waals surface area contributed by atoms with E-state index in [1.54, 1.807) is 6.92 Å². The van der Waals surface area contributed by atoms with Crippen LogP contribution in [0.2, 0.25) is 0 Å². The number of aromatic nitrogens is 1. The Morgan fingerprint density at radius 1 is 0.603 bits per heavy atom. The van der Waals surface area contributed by atoms with Crippen molar-refractivity contribution in [2.45, 2.75) is 40.0 Å². The second-order valence-corrected chi connectivity index (χ2v) is 18.0. The maximum absolute atomic E-state index is 7.24. The summed E-state index contributed by atoms with van der Waals surface area (Å²) in [4.78, 5) is 2.29. The molecule has 4 heteroatoms. The van der Waals surface area contributed by atoms with E-state index >= 15 is 0 Å². The summed E-state index contributed by atoms with van der Waals surface area (Å²) in [6.07, 6.45) is 17.9. The Kier molecular flexibility index (Phi) is 15.6. The Balaban J connectivity index is 0.000000535. The van der Waals surface area contributed by atoms with Gasteiger partial charge in [-0.1, -0.05) is 209 Å². The third-order valence-electron chi connectivity index (χ3n) is 13.3. The van der Waals surface area contributed by atoms with Crippen LogP contribution in [-0.4, -0.2) is 10.3 Å². The molecule has 0 atom stereocenters. The molecule has 0 radical (unpaired) electrons. The summed E-state index contributed by atoms with van der Waals surface area (Å²) < 4.78 is 2.48. The highest BCUT2D eigenvalue weighted by Crippen LogP contribution is 2.42. The highest BCUT2D eigenvalue weighted by molar-refractivity contribution is 6.00. The average molecular weight is 947 g/mol. The fourth-order valence-electron chi connectivity index (χ4n) is 9.63. The standard InChI is InChI=1S/C59H47N3.C8H9N.C2H6/c1-42-17-13-14-36-61(51-26-15-18-43(37-51)30-31-50(45-21-7-3-8-22-45)41-56(60)46-23-9-4-10-24-46)57-34-32-48(39-54(42)57)49-33-35-59-55(40-49)53-28-11-12-29-58(53)62(59)52-27-16-25-47(38-52)44-19-5-2-6-20-44;1-7(9)8-5-3-2-4-6-8;1-2/h2-29,31-32,34,36-41H,1,30,33,35,60H2;2-6,9H,1H3;1-2H3/b17-13-,36-14-,50-31+,56-41-;;. The molecule has 0 spiro atoms. The second-order valence-electron chi connectivity index (χ2n) is 18.0. The van der Waals surface area contributed by atoms with Gasteiger partial charge in [0.15, 0.2) is 0 Å². The molecule has 0 amide bonds. The van der Waals surface area contributed by atoms with Gasteiger partial charge in [-0.2, -0.15) is 0 Å². The normalized spacial score (nSPS) is 13.9. The molecule has 1 aliphatic heterocycles. The van der Waals surface area contributed by atoms with Gasteiger partial charge in [0.25, 0.3) is 0 Å². The van der Waals surface area contributed by atoms with Gasteiger partial charge in [0.1, 0.15) is 0 Å². The number of anilines is 2. The van der Waals surface area contributed by atoms with Crippen molar-refractivity contribution in [3.8, 4) is 16.8 Å². The van der Waals surface area contributed by atoms with E-state index in [0.717, 1.165) is 69.7 Å². The summed E-state index contributed by atoms with van der Waals surface area (Å²) in [7, 11) is 0. The number of allylic oxidation sites excluding steroid dienone is 8. The molecule has 0 saturated carbocycles. The van der Waals surface area contributed by atoms with Gasteiger partial charge in [-0.25, -0.2) is 0 Å². The van der Waals surface area contributed by atoms with Crippen LogP contribution < -0.4 is 10.6 Å². The molecule has 0 unspecified atom stereocenters. The van der Waals surface area contributed by atoms with Gasteiger partial charge in [0.2, 0.25) is 0 Å². The summed E-state index contributed by atoms with van der Waals surface area (Å²) in [5.74, 6) is 0. The van der Waals surface area contributed by atoms with Crippen LogP contribution in [0.15, 0.2) is 255 Å². The van der Waals surface area contributed by atoms with Crippen molar-refractivity contribution in [2.24, 2.45) is 5.73 Å². The summed E-state index contributed by atoms with van der Waals surface area (Å²) in [5, 5.41) is 8.51. The second kappa shape index (κ2) is 23.3. The fraction of sp³-hybridized carbons (Fsp3) is 0.0870. The van der Waals surface area contributed by atoms with Gasteiger partial charge in [-0.15, -0.1) is 0 Å². The average Bonchev–Trinajstić information content (AvgIpc) is 3.79. The van der Waals surface area contributed by atoms with Crippen LogP contribution in [0.4, 0.5) is 11.4 Å². The van der Waals surface area contributed by atoms with Crippen LogP contribution >= 0.6 is 0 Å². The smallest absolute Gasteiger partial charge is 0.0537 e. The zero-order chi connectivity index (χ0) is 50.5. The van der Waals surface area contributed by atoms with Gasteiger partial charge < -0.3 is 20.6 Å². The largest absolute Gasteiger partial charge is 0.398 e. The van der Waals surface area contributed by atoms with Crippen molar-refractivity contribution in [2.75, 3.05) is 4.90 Å². The molecule has 2 heterocycles. The van der Waals surface area contributed by atoms with E-state index in [2.05, 4.69) is 204 Å². The van der Waals surface area contributed by atoms with Crippen molar-refractivity contribution >= 4 is 56.5 Å². The van der Waals surface area contributed by atoms with Gasteiger partial charge in [0.05, 0.1) is 11.2 Å². The molecule has 1 aromatic heterocycles. The molecule has 1 aliphatic carbocycles. The van der Waals surface area contributed by atoms with E-state index in [0.29, 0.717) is 5.71 Å². The quantitative estimate of drug-likeness (QED) is 0.106. The zero-order valence-electron chi connectivity index (χ0n) is 42.0. The van der Waals surface area contributed by atoms with Gasteiger partial charge >= 0.3 is 0 Å². The van der Waals surface area contributed by atoms with E-state index in [9.17, 15) is 0 Å². The maximum Gasteiger partial charge on any atom is 0.0537 e. The zero-order valence-corrected chi connectivity index (χ0v) is 42.0. The van der Waals surface area contributed by atoms with E-state index in [-0.39, 0.29) is 0 Å². The monoisotopic (exact) mass is 946 g/mol. The SMILES string of the molecule is C=C1/C=C\C=C/N(c2cccc(C/C=C(\C=C(/N)c3ccccc3)c3ccccc3)c2)c2ccc(C3=Cc4c(n(-c5cccc(-c6ccccc6)c5)c5ccccc45)CC3)cc21.CC.CC(=N)c1ccccc1. The lowest BCUT2D eigenvalue weighted by atomic mass is 9.89. The van der Waals surface area contributed by atoms with Gasteiger partial charge in [-0.3, -0.25) is 0 Å². The minimum Gasteiger partial charge on any atom is -0.398 e. The highest BCUT2D eigenvalue weighted by atomic mass is 15.1. The van der Waals surface area contributed by atoms with Gasteiger partial charge in [0, 0.05) is 51.2 Å². The number of fused-ring (bicyclic) bond motifs is 4. The fourth-order valence-corrected chi connectivity index (χ4v) is 9.63. The van der Waals surface area contributed by atoms with Crippen molar-refractivity contribution in [1.82, 2.24) is 4.57 Å². The molecule has 11 rings (SSSR count). The Hall–Kier alpha value is -8.99. The number of rotatable bonds is 10. The van der Waals surface area contributed by atoms with Crippen LogP contribution in [0.25, 0.3) is 56.2 Å². The molecule has 73 heavy (non-hydrogen) atoms. The lowest BCUT2D eigenvalue weighted by Crippen LogP contribution is -2.12. The third-order valence-corrected chi connectivity index (χ3v) is 13.3. The summed E-state index contributed by atoms with van der Waals surface area (Å²) >= 11 is 0. The highest BCUT2D eigenvalue weighted by Gasteiger charge is 2.23. The molecule has 0 fully saturated rings. The Labute approximate surface area is 432 Å². The van der Waals surface area contributed by atoms with E-state index in [1.165, 1.54) is 55.7 Å². The van der Waals surface area contributed by atoms with Crippen LogP contribution in [-0.2, 0) is 12.8 Å². The van der Waals surface area contributed by atoms with Crippen LogP contribution in [0.1, 0.15) is 71.8 Å². The Morgan fingerprint density at radius 3 is 1.95 bits per heavy atom. The minimum absolute atomic E-state index is 0.621. The molecule has 0 bridgehead atoms. The predicted octanol–water partition coefficient (Wildman–Crippen LogP) is 17.7. The Bertz CT molecular complexity index is 3530.